The van der Waals surface area contributed by atoms with E-state index >= 15 is 0 Å². The molecule has 30 heavy (non-hydrogen) atoms. The number of nitrogens with one attached hydrogen (secondary N) is 1. The van der Waals surface area contributed by atoms with Gasteiger partial charge in [-0.1, -0.05) is 60.7 Å². The standard InChI is InChI=1S/C13H14FN3.C12H8O/c1-17(14)13-9-5-4-8-12(13)16-11-7-3-2-6-10(11)15;1-3-7-11-9(5-1)10-6-2-4-8-12(10)13-11/h2-9,16H,15H2,1H3;1-8H. The third kappa shape index (κ3) is 4.05. The van der Waals surface area contributed by atoms with E-state index in [4.69, 9.17) is 10.2 Å². The molecule has 0 saturated carbocycles. The Morgan fingerprint density at radius 1 is 0.700 bits per heavy atom. The van der Waals surface area contributed by atoms with Crippen LogP contribution >= 0.6 is 0 Å². The fraction of sp³-hybridized carbons (Fsp3) is 0.0400. The van der Waals surface area contributed by atoms with Crippen LogP contribution in [0.4, 0.5) is 27.2 Å². The summed E-state index contributed by atoms with van der Waals surface area (Å²) >= 11 is 0. The molecule has 0 amide bonds. The lowest BCUT2D eigenvalue weighted by atomic mass is 10.2. The first-order valence-electron chi connectivity index (χ1n) is 9.60. The fourth-order valence-corrected chi connectivity index (χ4v) is 3.28. The summed E-state index contributed by atoms with van der Waals surface area (Å²) < 4.78 is 18.9. The van der Waals surface area contributed by atoms with Gasteiger partial charge in [0.15, 0.2) is 0 Å². The van der Waals surface area contributed by atoms with E-state index in [1.54, 1.807) is 24.3 Å². The molecule has 0 atom stereocenters. The molecule has 3 N–H and O–H groups in total. The van der Waals surface area contributed by atoms with Gasteiger partial charge in [0.25, 0.3) is 0 Å². The lowest BCUT2D eigenvalue weighted by molar-refractivity contribution is 0.476. The number of nitrogens with zero attached hydrogens (tertiary/aromatic N) is 1. The minimum absolute atomic E-state index is 0.468. The summed E-state index contributed by atoms with van der Waals surface area (Å²) in [5.74, 6) is 0. The maximum atomic E-state index is 13.3. The number of hydrogen-bond acceptors (Lipinski definition) is 4. The van der Waals surface area contributed by atoms with Crippen LogP contribution in [0.3, 0.4) is 0 Å². The van der Waals surface area contributed by atoms with Gasteiger partial charge in [-0.15, -0.1) is 4.48 Å². The van der Waals surface area contributed by atoms with E-state index < -0.39 is 0 Å². The van der Waals surface area contributed by atoms with Crippen molar-refractivity contribution in [3.05, 3.63) is 97.1 Å². The maximum absolute atomic E-state index is 13.3. The van der Waals surface area contributed by atoms with Crippen molar-refractivity contribution in [3.63, 3.8) is 0 Å². The third-order valence-corrected chi connectivity index (χ3v) is 4.75. The number of fused-ring (bicyclic) bond motifs is 3. The van der Waals surface area contributed by atoms with E-state index in [0.29, 0.717) is 22.2 Å². The second-order valence-electron chi connectivity index (χ2n) is 6.80. The van der Waals surface area contributed by atoms with Gasteiger partial charge in [0.2, 0.25) is 0 Å². The largest absolute Gasteiger partial charge is 0.456 e. The van der Waals surface area contributed by atoms with Gasteiger partial charge in [-0.3, -0.25) is 0 Å². The molecule has 0 saturated heterocycles. The molecule has 0 aliphatic rings. The topological polar surface area (TPSA) is 54.4 Å². The lowest BCUT2D eigenvalue weighted by Crippen LogP contribution is -2.06. The SMILES string of the molecule is CN(F)c1ccccc1Nc1ccccc1N.c1ccc2c(c1)oc1ccccc12. The molecule has 0 spiro atoms. The first-order valence-corrected chi connectivity index (χ1v) is 9.60. The first kappa shape index (κ1) is 19.3. The maximum Gasteiger partial charge on any atom is 0.135 e. The lowest BCUT2D eigenvalue weighted by Gasteiger charge is -2.15. The number of furan rings is 1. The minimum atomic E-state index is 0.468. The van der Waals surface area contributed by atoms with E-state index in [1.165, 1.54) is 17.8 Å². The molecular formula is C25H22FN3O. The zero-order chi connectivity index (χ0) is 20.9. The van der Waals surface area contributed by atoms with Crippen LogP contribution in [0.1, 0.15) is 0 Å². The molecule has 4 nitrogen and oxygen atoms in total. The molecule has 150 valence electrons. The highest BCUT2D eigenvalue weighted by molar-refractivity contribution is 6.04. The van der Waals surface area contributed by atoms with Gasteiger partial charge in [-0.05, 0) is 36.4 Å². The number of hydrogen-bond donors (Lipinski definition) is 2. The third-order valence-electron chi connectivity index (χ3n) is 4.75. The molecule has 0 bridgehead atoms. The van der Waals surface area contributed by atoms with Gasteiger partial charge < -0.3 is 15.5 Å². The van der Waals surface area contributed by atoms with Crippen molar-refractivity contribution in [2.75, 3.05) is 23.2 Å². The van der Waals surface area contributed by atoms with Crippen molar-refractivity contribution in [2.45, 2.75) is 0 Å². The van der Waals surface area contributed by atoms with Crippen LogP contribution in [-0.2, 0) is 0 Å². The molecule has 0 radical (unpaired) electrons. The Bertz CT molecular complexity index is 1230. The summed E-state index contributed by atoms with van der Waals surface area (Å²) in [4.78, 5) is 0. The van der Waals surface area contributed by atoms with E-state index in [9.17, 15) is 4.48 Å². The van der Waals surface area contributed by atoms with Crippen LogP contribution in [0.15, 0.2) is 101 Å². The summed E-state index contributed by atoms with van der Waals surface area (Å²) in [7, 11) is 1.36. The zero-order valence-corrected chi connectivity index (χ0v) is 16.5. The normalized spacial score (nSPS) is 10.5. The summed E-state index contributed by atoms with van der Waals surface area (Å²) in [6.45, 7) is 0. The number of anilines is 4. The van der Waals surface area contributed by atoms with Crippen molar-refractivity contribution in [1.82, 2.24) is 0 Å². The van der Waals surface area contributed by atoms with Crippen molar-refractivity contribution >= 4 is 44.7 Å². The van der Waals surface area contributed by atoms with Crippen LogP contribution in [0.2, 0.25) is 0 Å². The van der Waals surface area contributed by atoms with Crippen LogP contribution in [0, 0.1) is 0 Å². The number of nitrogen functional groups attached to an aromatic ring is 1. The van der Waals surface area contributed by atoms with Crippen molar-refractivity contribution in [1.29, 1.82) is 0 Å². The number of halogens is 1. The Balaban J connectivity index is 0.000000150. The average Bonchev–Trinajstić information content (AvgIpc) is 3.15. The second-order valence-corrected chi connectivity index (χ2v) is 6.80. The minimum Gasteiger partial charge on any atom is -0.456 e. The number of rotatable bonds is 3. The average molecular weight is 399 g/mol. The first-order chi connectivity index (χ1) is 14.6. The summed E-state index contributed by atoms with van der Waals surface area (Å²) in [5, 5.41) is 6.07. The van der Waals surface area contributed by atoms with E-state index in [2.05, 4.69) is 17.4 Å². The van der Waals surface area contributed by atoms with Gasteiger partial charge in [-0.2, -0.15) is 0 Å². The van der Waals surface area contributed by atoms with Crippen molar-refractivity contribution < 1.29 is 8.90 Å². The second kappa shape index (κ2) is 8.57. The Labute approximate surface area is 174 Å². The van der Waals surface area contributed by atoms with Crippen LogP contribution in [-0.4, -0.2) is 7.05 Å². The molecule has 5 heteroatoms. The number of nitrogens with two attached hydrogens (primary N) is 1. The highest BCUT2D eigenvalue weighted by Crippen LogP contribution is 2.30. The predicted molar refractivity (Wildman–Crippen MR) is 124 cm³/mol. The van der Waals surface area contributed by atoms with Crippen LogP contribution in [0.5, 0.6) is 0 Å². The number of para-hydroxylation sites is 6. The molecule has 1 heterocycles. The molecule has 5 rings (SSSR count). The molecule has 4 aromatic carbocycles. The fourth-order valence-electron chi connectivity index (χ4n) is 3.28. The van der Waals surface area contributed by atoms with Gasteiger partial charge in [0, 0.05) is 17.8 Å². The molecular weight excluding hydrogens is 377 g/mol. The van der Waals surface area contributed by atoms with Gasteiger partial charge in [0.1, 0.15) is 11.2 Å². The summed E-state index contributed by atoms with van der Waals surface area (Å²) in [6.07, 6.45) is 0. The molecule has 5 aromatic rings. The number of benzene rings is 4. The monoisotopic (exact) mass is 399 g/mol. The van der Waals surface area contributed by atoms with E-state index in [-0.39, 0.29) is 0 Å². The smallest absolute Gasteiger partial charge is 0.135 e. The van der Waals surface area contributed by atoms with Crippen molar-refractivity contribution in [2.24, 2.45) is 0 Å². The molecule has 0 fully saturated rings. The summed E-state index contributed by atoms with van der Waals surface area (Å²) in [6, 6.07) is 30.7. The zero-order valence-electron chi connectivity index (χ0n) is 16.5. The van der Waals surface area contributed by atoms with Crippen LogP contribution in [0.25, 0.3) is 21.9 Å². The Kier molecular flexibility index (Phi) is 5.52. The molecule has 0 aliphatic heterocycles. The molecule has 0 aliphatic carbocycles. The van der Waals surface area contributed by atoms with E-state index in [0.717, 1.165) is 16.9 Å². The summed E-state index contributed by atoms with van der Waals surface area (Å²) in [5.41, 5.74) is 10.3. The highest BCUT2D eigenvalue weighted by atomic mass is 19.2. The molecule has 1 aromatic heterocycles. The Hall–Kier alpha value is -3.99. The Morgan fingerprint density at radius 2 is 1.20 bits per heavy atom. The quantitative estimate of drug-likeness (QED) is 0.255. The Morgan fingerprint density at radius 3 is 1.80 bits per heavy atom. The highest BCUT2D eigenvalue weighted by Gasteiger charge is 2.07. The predicted octanol–water partition coefficient (Wildman–Crippen LogP) is 6.92. The van der Waals surface area contributed by atoms with Gasteiger partial charge in [0.05, 0.1) is 22.7 Å². The van der Waals surface area contributed by atoms with Crippen LogP contribution < -0.4 is 16.2 Å². The van der Waals surface area contributed by atoms with Crippen molar-refractivity contribution in [3.8, 4) is 0 Å². The van der Waals surface area contributed by atoms with Gasteiger partial charge in [-0.25, -0.2) is 5.12 Å². The molecule has 0 unspecified atom stereocenters. The van der Waals surface area contributed by atoms with Gasteiger partial charge >= 0.3 is 0 Å². The van der Waals surface area contributed by atoms with E-state index in [1.807, 2.05) is 60.7 Å².